The maximum atomic E-state index is 6.12. The standard InChI is InChI=1S/C30H29Cl2N5/c1-3-36(4-2)17-18-37-29-8-6-5-7-25(29)35-28-19-26(33-23-13-9-21(31)10-14-23)27(20-30(28)37)34-24-15-11-22(32)12-16-24/h5-16,19-20,33H,3-4,17-18H2,1-2H3. The zero-order valence-electron chi connectivity index (χ0n) is 21.0. The van der Waals surface area contributed by atoms with Gasteiger partial charge in [0.2, 0.25) is 0 Å². The number of benzene rings is 4. The van der Waals surface area contributed by atoms with Gasteiger partial charge in [-0.25, -0.2) is 9.98 Å². The minimum atomic E-state index is 0.682. The van der Waals surface area contributed by atoms with Gasteiger partial charge in [-0.1, -0.05) is 49.2 Å². The third-order valence-corrected chi connectivity index (χ3v) is 7.03. The number of aromatic nitrogens is 2. The maximum absolute atomic E-state index is 6.12. The molecule has 0 spiro atoms. The summed E-state index contributed by atoms with van der Waals surface area (Å²) in [6.07, 6.45) is 0. The Morgan fingerprint density at radius 1 is 0.865 bits per heavy atom. The van der Waals surface area contributed by atoms with E-state index in [0.717, 1.165) is 71.0 Å². The predicted molar refractivity (Wildman–Crippen MR) is 156 cm³/mol. The van der Waals surface area contributed by atoms with E-state index in [1.807, 2.05) is 54.6 Å². The van der Waals surface area contributed by atoms with E-state index in [1.54, 1.807) is 0 Å². The highest BCUT2D eigenvalue weighted by Crippen LogP contribution is 2.28. The van der Waals surface area contributed by atoms with E-state index in [4.69, 9.17) is 33.2 Å². The SMILES string of the molecule is CCN(CC)CCn1c2cc(=Nc3ccc(Cl)cc3)c(Nc3ccc(Cl)cc3)cc-2nc2ccccc21. The molecule has 1 aliphatic heterocycles. The lowest BCUT2D eigenvalue weighted by molar-refractivity contribution is 0.292. The largest absolute Gasteiger partial charge is 0.354 e. The Balaban J connectivity index is 1.72. The molecule has 188 valence electrons. The second-order valence-electron chi connectivity index (χ2n) is 8.86. The second kappa shape index (κ2) is 11.3. The molecule has 0 fully saturated rings. The molecule has 1 aliphatic carbocycles. The van der Waals surface area contributed by atoms with Crippen molar-refractivity contribution in [3.8, 4) is 11.4 Å². The minimum Gasteiger partial charge on any atom is -0.354 e. The van der Waals surface area contributed by atoms with Crippen molar-refractivity contribution in [2.24, 2.45) is 4.99 Å². The van der Waals surface area contributed by atoms with Crippen LogP contribution in [0.2, 0.25) is 10.0 Å². The summed E-state index contributed by atoms with van der Waals surface area (Å²) in [5, 5.41) is 5.72. The summed E-state index contributed by atoms with van der Waals surface area (Å²) in [7, 11) is 0. The van der Waals surface area contributed by atoms with Crippen LogP contribution < -0.4 is 10.7 Å². The number of rotatable bonds is 8. The first-order chi connectivity index (χ1) is 18.0. The number of nitrogens with one attached hydrogen (secondary N) is 1. The summed E-state index contributed by atoms with van der Waals surface area (Å²) in [4.78, 5) is 12.5. The van der Waals surface area contributed by atoms with Gasteiger partial charge in [0.15, 0.2) is 0 Å². The van der Waals surface area contributed by atoms with Crippen molar-refractivity contribution in [3.63, 3.8) is 0 Å². The van der Waals surface area contributed by atoms with E-state index in [0.29, 0.717) is 10.0 Å². The number of para-hydroxylation sites is 2. The third-order valence-electron chi connectivity index (χ3n) is 6.53. The van der Waals surface area contributed by atoms with Crippen LogP contribution in [0.1, 0.15) is 13.8 Å². The molecule has 1 N–H and O–H groups in total. The molecule has 5 nitrogen and oxygen atoms in total. The van der Waals surface area contributed by atoms with Crippen LogP contribution in [-0.2, 0) is 6.54 Å². The normalized spacial score (nSPS) is 12.1. The average Bonchev–Trinajstić information content (AvgIpc) is 2.91. The van der Waals surface area contributed by atoms with Gasteiger partial charge in [-0.3, -0.25) is 0 Å². The van der Waals surface area contributed by atoms with Crippen molar-refractivity contribution >= 4 is 51.3 Å². The van der Waals surface area contributed by atoms with Gasteiger partial charge in [-0.05, 0) is 85.9 Å². The molecule has 3 aromatic rings. The van der Waals surface area contributed by atoms with E-state index in [2.05, 4.69) is 59.0 Å². The van der Waals surface area contributed by atoms with E-state index in [-0.39, 0.29) is 0 Å². The highest BCUT2D eigenvalue weighted by Gasteiger charge is 2.16. The Morgan fingerprint density at radius 3 is 2.24 bits per heavy atom. The van der Waals surface area contributed by atoms with Crippen LogP contribution in [0.3, 0.4) is 0 Å². The molecule has 7 heteroatoms. The fraction of sp³-hybridized carbons (Fsp3) is 0.200. The van der Waals surface area contributed by atoms with Gasteiger partial charge in [0, 0.05) is 28.8 Å². The van der Waals surface area contributed by atoms with Crippen LogP contribution in [0.15, 0.2) is 89.9 Å². The van der Waals surface area contributed by atoms with Gasteiger partial charge in [0.25, 0.3) is 0 Å². The molecule has 0 saturated heterocycles. The van der Waals surface area contributed by atoms with Gasteiger partial charge in [-0.15, -0.1) is 0 Å². The molecule has 5 rings (SSSR count). The molecular formula is C30H29Cl2N5. The van der Waals surface area contributed by atoms with Crippen molar-refractivity contribution in [2.45, 2.75) is 20.4 Å². The van der Waals surface area contributed by atoms with Crippen LogP contribution in [0.4, 0.5) is 17.1 Å². The van der Waals surface area contributed by atoms with E-state index in [9.17, 15) is 0 Å². The Bertz CT molecular complexity index is 1540. The second-order valence-corrected chi connectivity index (χ2v) is 9.73. The van der Waals surface area contributed by atoms with Crippen LogP contribution in [0, 0.1) is 0 Å². The first-order valence-corrected chi connectivity index (χ1v) is 13.3. The lowest BCUT2D eigenvalue weighted by atomic mass is 10.1. The first-order valence-electron chi connectivity index (χ1n) is 12.5. The van der Waals surface area contributed by atoms with Gasteiger partial charge in [0.05, 0.1) is 39.2 Å². The molecular weight excluding hydrogens is 501 g/mol. The number of likely N-dealkylation sites (N-methyl/N-ethyl adjacent to an activating group) is 1. The van der Waals surface area contributed by atoms with Gasteiger partial charge in [-0.2, -0.15) is 0 Å². The molecule has 0 radical (unpaired) electrons. The third kappa shape index (κ3) is 5.80. The van der Waals surface area contributed by atoms with Crippen molar-refractivity contribution in [1.29, 1.82) is 0 Å². The lowest BCUT2D eigenvalue weighted by Gasteiger charge is -2.23. The number of hydrogen-bond acceptors (Lipinski definition) is 4. The van der Waals surface area contributed by atoms with Crippen LogP contribution >= 0.6 is 23.2 Å². The lowest BCUT2D eigenvalue weighted by Crippen LogP contribution is -2.28. The van der Waals surface area contributed by atoms with Crippen molar-refractivity contribution in [1.82, 2.24) is 14.5 Å². The van der Waals surface area contributed by atoms with Gasteiger partial charge in [0.1, 0.15) is 0 Å². The topological polar surface area (TPSA) is 45.5 Å². The Morgan fingerprint density at radius 2 is 1.54 bits per heavy atom. The number of halogens is 2. The highest BCUT2D eigenvalue weighted by molar-refractivity contribution is 6.30. The molecule has 0 bridgehead atoms. The van der Waals surface area contributed by atoms with Crippen LogP contribution in [0.25, 0.3) is 22.4 Å². The summed E-state index contributed by atoms with van der Waals surface area (Å²) < 4.78 is 2.36. The Hall–Kier alpha value is -3.38. The summed E-state index contributed by atoms with van der Waals surface area (Å²) in [5.74, 6) is 0. The summed E-state index contributed by atoms with van der Waals surface area (Å²) in [6, 6.07) is 27.7. The van der Waals surface area contributed by atoms with Crippen LogP contribution in [-0.4, -0.2) is 34.1 Å². The summed E-state index contributed by atoms with van der Waals surface area (Å²) in [6.45, 7) is 8.25. The Kier molecular flexibility index (Phi) is 7.75. The highest BCUT2D eigenvalue weighted by atomic mass is 35.5. The number of hydrogen-bond donors (Lipinski definition) is 1. The number of anilines is 2. The Labute approximate surface area is 227 Å². The quantitative estimate of drug-likeness (QED) is 0.209. The molecule has 3 aromatic carbocycles. The molecule has 0 amide bonds. The fourth-order valence-corrected chi connectivity index (χ4v) is 4.73. The molecule has 2 aliphatic rings. The zero-order chi connectivity index (χ0) is 25.8. The smallest absolute Gasteiger partial charge is 0.0897 e. The van der Waals surface area contributed by atoms with Crippen LogP contribution in [0.5, 0.6) is 0 Å². The maximum Gasteiger partial charge on any atom is 0.0897 e. The van der Waals surface area contributed by atoms with Crippen molar-refractivity contribution in [2.75, 3.05) is 25.0 Å². The minimum absolute atomic E-state index is 0.682. The van der Waals surface area contributed by atoms with E-state index < -0.39 is 0 Å². The average molecular weight is 531 g/mol. The molecule has 0 atom stereocenters. The molecule has 0 unspecified atom stereocenters. The number of fused-ring (bicyclic) bond motifs is 2. The molecule has 0 aromatic heterocycles. The fourth-order valence-electron chi connectivity index (χ4n) is 4.48. The number of nitrogens with zero attached hydrogens (tertiary/aromatic N) is 4. The van der Waals surface area contributed by atoms with Crippen molar-refractivity contribution in [3.05, 3.63) is 100 Å². The van der Waals surface area contributed by atoms with E-state index in [1.165, 1.54) is 0 Å². The van der Waals surface area contributed by atoms with Gasteiger partial charge < -0.3 is 14.8 Å². The summed E-state index contributed by atoms with van der Waals surface area (Å²) >= 11 is 12.2. The van der Waals surface area contributed by atoms with Crippen molar-refractivity contribution < 1.29 is 0 Å². The first kappa shape index (κ1) is 25.3. The molecule has 1 heterocycles. The summed E-state index contributed by atoms with van der Waals surface area (Å²) in [5.41, 5.74) is 6.64. The van der Waals surface area contributed by atoms with E-state index >= 15 is 0 Å². The predicted octanol–water partition coefficient (Wildman–Crippen LogP) is 7.77. The molecule has 37 heavy (non-hydrogen) atoms. The van der Waals surface area contributed by atoms with Gasteiger partial charge >= 0.3 is 0 Å². The zero-order valence-corrected chi connectivity index (χ0v) is 22.5. The molecule has 0 saturated carbocycles. The monoisotopic (exact) mass is 529 g/mol.